The predicted octanol–water partition coefficient (Wildman–Crippen LogP) is 3.34. The number of amides is 2. The number of thiophene rings is 1. The molecule has 0 atom stereocenters. The molecule has 0 spiro atoms. The van der Waals surface area contributed by atoms with Gasteiger partial charge in [0.05, 0.1) is 25.8 Å². The molecule has 0 saturated heterocycles. The van der Waals surface area contributed by atoms with Crippen molar-refractivity contribution in [1.82, 2.24) is 4.90 Å². The lowest BCUT2D eigenvalue weighted by atomic mass is 10.0. The van der Waals surface area contributed by atoms with Crippen LogP contribution in [0.15, 0.2) is 24.3 Å². The van der Waals surface area contributed by atoms with Gasteiger partial charge in [0.15, 0.2) is 0 Å². The highest BCUT2D eigenvalue weighted by atomic mass is 32.1. The van der Waals surface area contributed by atoms with E-state index in [9.17, 15) is 14.9 Å². The fourth-order valence-electron chi connectivity index (χ4n) is 3.34. The molecule has 2 aromatic rings. The van der Waals surface area contributed by atoms with E-state index in [1.807, 2.05) is 24.3 Å². The van der Waals surface area contributed by atoms with E-state index in [1.54, 1.807) is 19.1 Å². The van der Waals surface area contributed by atoms with Crippen LogP contribution >= 0.6 is 11.3 Å². The lowest BCUT2D eigenvalue weighted by molar-refractivity contribution is -0.116. The Hall–Kier alpha value is -3.09. The van der Waals surface area contributed by atoms with Gasteiger partial charge in [0.1, 0.15) is 23.4 Å². The summed E-state index contributed by atoms with van der Waals surface area (Å²) >= 11 is 1.34. The zero-order valence-corrected chi connectivity index (χ0v) is 18.4. The van der Waals surface area contributed by atoms with E-state index in [1.165, 1.54) is 11.3 Å². The second kappa shape index (κ2) is 10.8. The number of ether oxygens (including phenoxy) is 3. The molecule has 0 radical (unpaired) electrons. The Bertz CT molecular complexity index is 982. The fraction of sp³-hybridized carbons (Fsp3) is 0.409. The third kappa shape index (κ3) is 5.75. The first kappa shape index (κ1) is 22.6. The average Bonchev–Trinajstić information content (AvgIpc) is 3.13. The summed E-state index contributed by atoms with van der Waals surface area (Å²) in [5.41, 5.74) is 2.39. The number of nitrogens with one attached hydrogen (secondary N) is 1. The Morgan fingerprint density at radius 1 is 1.29 bits per heavy atom. The summed E-state index contributed by atoms with van der Waals surface area (Å²) in [5, 5.41) is 13.1. The number of anilines is 1. The Balaban J connectivity index is 1.62. The molecule has 2 heterocycles. The maximum Gasteiger partial charge on any atom is 0.410 e. The molecule has 1 aromatic carbocycles. The van der Waals surface area contributed by atoms with E-state index in [4.69, 9.17) is 14.2 Å². The number of rotatable bonds is 8. The lowest BCUT2D eigenvalue weighted by Crippen LogP contribution is -2.36. The summed E-state index contributed by atoms with van der Waals surface area (Å²) in [7, 11) is 3.15. The molecule has 1 aliphatic rings. The lowest BCUT2D eigenvalue weighted by Gasteiger charge is -2.26. The first-order valence-corrected chi connectivity index (χ1v) is 10.8. The van der Waals surface area contributed by atoms with Crippen LogP contribution in [0.1, 0.15) is 28.0 Å². The maximum atomic E-state index is 12.5. The number of benzene rings is 1. The molecular formula is C22H25N3O5S. The van der Waals surface area contributed by atoms with Gasteiger partial charge in [-0.15, -0.1) is 11.3 Å². The Labute approximate surface area is 185 Å². The zero-order chi connectivity index (χ0) is 22.2. The van der Waals surface area contributed by atoms with Crippen LogP contribution in [0.4, 0.5) is 9.80 Å². The predicted molar refractivity (Wildman–Crippen MR) is 116 cm³/mol. The number of nitriles is 1. The van der Waals surface area contributed by atoms with Crippen molar-refractivity contribution in [2.24, 2.45) is 0 Å². The van der Waals surface area contributed by atoms with Crippen molar-refractivity contribution in [3.05, 3.63) is 45.8 Å². The van der Waals surface area contributed by atoms with Crippen molar-refractivity contribution in [1.29, 1.82) is 5.26 Å². The van der Waals surface area contributed by atoms with Gasteiger partial charge in [-0.2, -0.15) is 5.26 Å². The summed E-state index contributed by atoms with van der Waals surface area (Å²) in [6, 6.07) is 9.80. The number of fused-ring (bicyclic) bond motifs is 1. The second-order valence-corrected chi connectivity index (χ2v) is 8.10. The minimum absolute atomic E-state index is 0.159. The molecule has 3 rings (SSSR count). The number of hydrogen-bond acceptors (Lipinski definition) is 7. The molecule has 0 fully saturated rings. The van der Waals surface area contributed by atoms with Crippen LogP contribution in [-0.2, 0) is 33.7 Å². The number of carbonyl (C=O) groups excluding carboxylic acids is 2. The van der Waals surface area contributed by atoms with Crippen LogP contribution in [-0.4, -0.2) is 50.9 Å². The largest absolute Gasteiger partial charge is 0.497 e. The van der Waals surface area contributed by atoms with Crippen molar-refractivity contribution >= 4 is 28.3 Å². The molecule has 1 N–H and O–H groups in total. The highest BCUT2D eigenvalue weighted by Gasteiger charge is 2.28. The Kier molecular flexibility index (Phi) is 7.87. The monoisotopic (exact) mass is 443 g/mol. The molecule has 1 aliphatic heterocycles. The normalized spacial score (nSPS) is 12.6. The Morgan fingerprint density at radius 2 is 2.13 bits per heavy atom. The number of nitrogens with zero attached hydrogens (tertiary/aromatic N) is 2. The van der Waals surface area contributed by atoms with E-state index < -0.39 is 6.09 Å². The van der Waals surface area contributed by atoms with Crippen LogP contribution < -0.4 is 10.1 Å². The van der Waals surface area contributed by atoms with Crippen LogP contribution in [0, 0.1) is 11.3 Å². The fourth-order valence-corrected chi connectivity index (χ4v) is 4.57. The number of methoxy groups -OCH3 is 2. The molecule has 164 valence electrons. The van der Waals surface area contributed by atoms with Gasteiger partial charge in [-0.05, 0) is 36.1 Å². The summed E-state index contributed by atoms with van der Waals surface area (Å²) in [6.45, 7) is 1.36. The summed E-state index contributed by atoms with van der Waals surface area (Å²) in [6.07, 6.45) is 1.00. The molecule has 0 aliphatic carbocycles. The number of aryl methyl sites for hydroxylation is 1. The summed E-state index contributed by atoms with van der Waals surface area (Å²) in [5.74, 6) is 0.592. The highest BCUT2D eigenvalue weighted by molar-refractivity contribution is 7.16. The van der Waals surface area contributed by atoms with Gasteiger partial charge in [-0.25, -0.2) is 4.79 Å². The van der Waals surface area contributed by atoms with Crippen molar-refractivity contribution in [3.8, 4) is 11.8 Å². The topological polar surface area (TPSA) is 101 Å². The van der Waals surface area contributed by atoms with E-state index in [0.29, 0.717) is 49.5 Å². The average molecular weight is 444 g/mol. The first-order chi connectivity index (χ1) is 15.0. The Morgan fingerprint density at radius 3 is 2.87 bits per heavy atom. The van der Waals surface area contributed by atoms with Crippen LogP contribution in [0.3, 0.4) is 0 Å². The van der Waals surface area contributed by atoms with E-state index in [0.717, 1.165) is 21.8 Å². The zero-order valence-electron chi connectivity index (χ0n) is 17.6. The van der Waals surface area contributed by atoms with Gasteiger partial charge < -0.3 is 24.4 Å². The third-order valence-corrected chi connectivity index (χ3v) is 6.10. The number of hydrogen-bond donors (Lipinski definition) is 1. The first-order valence-electron chi connectivity index (χ1n) is 9.93. The molecule has 0 unspecified atom stereocenters. The van der Waals surface area contributed by atoms with Crippen LogP contribution in [0.25, 0.3) is 0 Å². The van der Waals surface area contributed by atoms with Crippen molar-refractivity contribution in [3.63, 3.8) is 0 Å². The molecular weight excluding hydrogens is 418 g/mol. The van der Waals surface area contributed by atoms with E-state index >= 15 is 0 Å². The number of carbonyl (C=O) groups is 2. The molecule has 0 bridgehead atoms. The molecule has 0 saturated carbocycles. The molecule has 31 heavy (non-hydrogen) atoms. The highest BCUT2D eigenvalue weighted by Crippen LogP contribution is 2.37. The van der Waals surface area contributed by atoms with Crippen molar-refractivity contribution in [2.75, 3.05) is 39.3 Å². The third-order valence-electron chi connectivity index (χ3n) is 4.97. The molecule has 2 amide bonds. The minimum atomic E-state index is -0.404. The standard InChI is InChI=1S/C22H25N3O5S/c1-28-10-11-30-22(27)25-9-8-17-18(13-23)21(31-19(17)14-25)24-20(26)7-6-15-4-3-5-16(12-15)29-2/h3-5,12H,6-11,14H2,1-2H3,(H,24,26). The van der Waals surface area contributed by atoms with Crippen molar-refractivity contribution < 1.29 is 23.8 Å². The summed E-state index contributed by atoms with van der Waals surface area (Å²) in [4.78, 5) is 27.2. The SMILES string of the molecule is COCCOC(=O)N1CCc2c(sc(NC(=O)CCc3cccc(OC)c3)c2C#N)C1. The van der Waals surface area contributed by atoms with Gasteiger partial charge in [0, 0.05) is 25.0 Å². The van der Waals surface area contributed by atoms with Crippen LogP contribution in [0.2, 0.25) is 0 Å². The van der Waals surface area contributed by atoms with Gasteiger partial charge in [-0.1, -0.05) is 12.1 Å². The maximum absolute atomic E-state index is 12.5. The smallest absolute Gasteiger partial charge is 0.410 e. The summed E-state index contributed by atoms with van der Waals surface area (Å²) < 4.78 is 15.3. The quantitative estimate of drug-likeness (QED) is 0.628. The minimum Gasteiger partial charge on any atom is -0.497 e. The van der Waals surface area contributed by atoms with Crippen molar-refractivity contribution in [2.45, 2.75) is 25.8 Å². The van der Waals surface area contributed by atoms with Gasteiger partial charge in [0.25, 0.3) is 0 Å². The van der Waals surface area contributed by atoms with E-state index in [-0.39, 0.29) is 12.5 Å². The molecule has 8 nitrogen and oxygen atoms in total. The molecule has 1 aromatic heterocycles. The second-order valence-electron chi connectivity index (χ2n) is 7.00. The van der Waals surface area contributed by atoms with Gasteiger partial charge >= 0.3 is 6.09 Å². The van der Waals surface area contributed by atoms with Gasteiger partial charge in [0.2, 0.25) is 5.91 Å². The van der Waals surface area contributed by atoms with Gasteiger partial charge in [-0.3, -0.25) is 4.79 Å². The van der Waals surface area contributed by atoms with Crippen LogP contribution in [0.5, 0.6) is 5.75 Å². The van der Waals surface area contributed by atoms with E-state index in [2.05, 4.69) is 11.4 Å². The molecule has 9 heteroatoms.